The number of para-hydroxylation sites is 1. The van der Waals surface area contributed by atoms with Gasteiger partial charge in [0, 0.05) is 25.2 Å². The molecule has 31 heavy (non-hydrogen) atoms. The van der Waals surface area contributed by atoms with E-state index in [-0.39, 0.29) is 10.8 Å². The lowest BCUT2D eigenvalue weighted by atomic mass is 10.1. The van der Waals surface area contributed by atoms with Gasteiger partial charge in [-0.05, 0) is 68.4 Å². The van der Waals surface area contributed by atoms with Crippen LogP contribution in [0.1, 0.15) is 54.1 Å². The van der Waals surface area contributed by atoms with Crippen molar-refractivity contribution in [1.82, 2.24) is 9.62 Å². The van der Waals surface area contributed by atoms with Gasteiger partial charge in [-0.1, -0.05) is 31.2 Å². The largest absolute Gasteiger partial charge is 0.493 e. The van der Waals surface area contributed by atoms with Crippen molar-refractivity contribution in [1.29, 1.82) is 0 Å². The SMILES string of the molecule is CCCOc1ccccc1CCCNC(=O)c1cc(S(=O)(=O)N2CCCC2)ccc1C. The normalized spacial score (nSPS) is 14.5. The zero-order chi connectivity index (χ0) is 22.3. The molecular weight excluding hydrogens is 412 g/mol. The number of carbonyl (C=O) groups excluding carboxylic acids is 1. The molecule has 3 rings (SSSR count). The van der Waals surface area contributed by atoms with Crippen molar-refractivity contribution in [2.75, 3.05) is 26.2 Å². The number of aryl methyl sites for hydroxylation is 2. The molecule has 0 aliphatic carbocycles. The molecule has 0 atom stereocenters. The highest BCUT2D eigenvalue weighted by Crippen LogP contribution is 2.23. The summed E-state index contributed by atoms with van der Waals surface area (Å²) < 4.78 is 32.9. The second kappa shape index (κ2) is 10.8. The summed E-state index contributed by atoms with van der Waals surface area (Å²) in [6.07, 6.45) is 4.28. The fraction of sp³-hybridized carbons (Fsp3) is 0.458. The maximum atomic E-state index is 12.8. The lowest BCUT2D eigenvalue weighted by Gasteiger charge is -2.17. The highest BCUT2D eigenvalue weighted by atomic mass is 32.2. The average molecular weight is 445 g/mol. The minimum absolute atomic E-state index is 0.187. The number of hydrogen-bond donors (Lipinski definition) is 1. The van der Waals surface area contributed by atoms with Crippen LogP contribution in [0.15, 0.2) is 47.4 Å². The summed E-state index contributed by atoms with van der Waals surface area (Å²) in [5.74, 6) is 0.651. The van der Waals surface area contributed by atoms with Gasteiger partial charge in [-0.3, -0.25) is 4.79 Å². The fourth-order valence-corrected chi connectivity index (χ4v) is 5.27. The van der Waals surface area contributed by atoms with Crippen LogP contribution in [-0.2, 0) is 16.4 Å². The average Bonchev–Trinajstić information content (AvgIpc) is 3.32. The maximum absolute atomic E-state index is 12.8. The van der Waals surface area contributed by atoms with Gasteiger partial charge in [0.2, 0.25) is 10.0 Å². The molecule has 6 nitrogen and oxygen atoms in total. The zero-order valence-electron chi connectivity index (χ0n) is 18.4. The first-order chi connectivity index (χ1) is 14.9. The molecule has 168 valence electrons. The molecule has 1 aliphatic rings. The minimum atomic E-state index is -3.55. The number of benzene rings is 2. The van der Waals surface area contributed by atoms with Crippen LogP contribution in [0.25, 0.3) is 0 Å². The Morgan fingerprint density at radius 2 is 1.87 bits per heavy atom. The van der Waals surface area contributed by atoms with E-state index in [9.17, 15) is 13.2 Å². The van der Waals surface area contributed by atoms with E-state index in [0.717, 1.165) is 49.0 Å². The molecule has 1 saturated heterocycles. The molecule has 2 aromatic carbocycles. The van der Waals surface area contributed by atoms with Crippen LogP contribution in [0.3, 0.4) is 0 Å². The fourth-order valence-electron chi connectivity index (χ4n) is 3.72. The molecule has 0 aromatic heterocycles. The van der Waals surface area contributed by atoms with Crippen LogP contribution in [0.2, 0.25) is 0 Å². The maximum Gasteiger partial charge on any atom is 0.251 e. The van der Waals surface area contributed by atoms with E-state index >= 15 is 0 Å². The van der Waals surface area contributed by atoms with Crippen molar-refractivity contribution in [2.24, 2.45) is 0 Å². The van der Waals surface area contributed by atoms with E-state index in [4.69, 9.17) is 4.74 Å². The Kier molecular flexibility index (Phi) is 8.09. The highest BCUT2D eigenvalue weighted by molar-refractivity contribution is 7.89. The molecule has 0 spiro atoms. The molecular formula is C24H32N2O4S. The third kappa shape index (κ3) is 5.86. The standard InChI is InChI=1S/C24H32N2O4S/c1-3-17-30-23-11-5-4-9-20(23)10-8-14-25-24(27)22-18-21(13-12-19(22)2)31(28,29)26-15-6-7-16-26/h4-5,9,11-13,18H,3,6-8,10,14-17H2,1-2H3,(H,25,27). The Labute approximate surface area is 185 Å². The predicted molar refractivity (Wildman–Crippen MR) is 122 cm³/mol. The number of sulfonamides is 1. The molecule has 7 heteroatoms. The zero-order valence-corrected chi connectivity index (χ0v) is 19.2. The number of nitrogens with one attached hydrogen (secondary N) is 1. The van der Waals surface area contributed by atoms with Crippen LogP contribution in [0, 0.1) is 6.92 Å². The molecule has 0 unspecified atom stereocenters. The van der Waals surface area contributed by atoms with E-state index in [1.165, 1.54) is 10.4 Å². The first-order valence-corrected chi connectivity index (χ1v) is 12.5. The number of nitrogens with zero attached hydrogens (tertiary/aromatic N) is 1. The molecule has 1 aliphatic heterocycles. The van der Waals surface area contributed by atoms with Gasteiger partial charge in [0.05, 0.1) is 11.5 Å². The van der Waals surface area contributed by atoms with Gasteiger partial charge in [-0.15, -0.1) is 0 Å². The summed E-state index contributed by atoms with van der Waals surface area (Å²) in [5, 5.41) is 2.93. The summed E-state index contributed by atoms with van der Waals surface area (Å²) in [5.41, 5.74) is 2.29. The van der Waals surface area contributed by atoms with Gasteiger partial charge in [-0.2, -0.15) is 4.31 Å². The second-order valence-electron chi connectivity index (χ2n) is 7.90. The number of carbonyl (C=O) groups is 1. The van der Waals surface area contributed by atoms with Crippen LogP contribution < -0.4 is 10.1 Å². The van der Waals surface area contributed by atoms with Crippen LogP contribution in [-0.4, -0.2) is 44.9 Å². The Morgan fingerprint density at radius 3 is 2.61 bits per heavy atom. The summed E-state index contributed by atoms with van der Waals surface area (Å²) in [6.45, 7) is 6.17. The first kappa shape index (κ1) is 23.3. The topological polar surface area (TPSA) is 75.7 Å². The number of hydrogen-bond acceptors (Lipinski definition) is 4. The van der Waals surface area contributed by atoms with Gasteiger partial charge in [0.1, 0.15) is 5.75 Å². The minimum Gasteiger partial charge on any atom is -0.493 e. The lowest BCUT2D eigenvalue weighted by Crippen LogP contribution is -2.29. The van der Waals surface area contributed by atoms with Gasteiger partial charge >= 0.3 is 0 Å². The quantitative estimate of drug-likeness (QED) is 0.564. The Balaban J connectivity index is 1.60. The Morgan fingerprint density at radius 1 is 1.13 bits per heavy atom. The smallest absolute Gasteiger partial charge is 0.251 e. The number of ether oxygens (including phenoxy) is 1. The third-order valence-electron chi connectivity index (χ3n) is 5.50. The van der Waals surface area contributed by atoms with Crippen LogP contribution in [0.4, 0.5) is 0 Å². The number of amides is 1. The van der Waals surface area contributed by atoms with Crippen molar-refractivity contribution in [2.45, 2.75) is 50.8 Å². The summed E-state index contributed by atoms with van der Waals surface area (Å²) in [6, 6.07) is 12.8. The highest BCUT2D eigenvalue weighted by Gasteiger charge is 2.28. The van der Waals surface area contributed by atoms with E-state index < -0.39 is 10.0 Å². The summed E-state index contributed by atoms with van der Waals surface area (Å²) in [7, 11) is -3.55. The number of rotatable bonds is 10. The van der Waals surface area contributed by atoms with Gasteiger partial charge in [-0.25, -0.2) is 8.42 Å². The molecule has 0 bridgehead atoms. The van der Waals surface area contributed by atoms with Crippen molar-refractivity contribution in [3.63, 3.8) is 0 Å². The van der Waals surface area contributed by atoms with Gasteiger partial charge < -0.3 is 10.1 Å². The van der Waals surface area contributed by atoms with Gasteiger partial charge in [0.25, 0.3) is 5.91 Å². The molecule has 2 aromatic rings. The molecule has 1 N–H and O–H groups in total. The van der Waals surface area contributed by atoms with Crippen molar-refractivity contribution in [3.8, 4) is 5.75 Å². The Bertz CT molecular complexity index is 998. The molecule has 0 saturated carbocycles. The van der Waals surface area contributed by atoms with E-state index in [0.29, 0.717) is 31.8 Å². The van der Waals surface area contributed by atoms with E-state index in [2.05, 4.69) is 12.2 Å². The summed E-state index contributed by atoms with van der Waals surface area (Å²) in [4.78, 5) is 12.9. The molecule has 0 radical (unpaired) electrons. The molecule has 1 heterocycles. The van der Waals surface area contributed by atoms with E-state index in [1.54, 1.807) is 12.1 Å². The Hall–Kier alpha value is -2.38. The lowest BCUT2D eigenvalue weighted by molar-refractivity contribution is 0.0952. The molecule has 1 amide bonds. The summed E-state index contributed by atoms with van der Waals surface area (Å²) >= 11 is 0. The third-order valence-corrected chi connectivity index (χ3v) is 7.39. The van der Waals surface area contributed by atoms with Crippen molar-refractivity contribution in [3.05, 3.63) is 59.2 Å². The molecule has 1 fully saturated rings. The van der Waals surface area contributed by atoms with Crippen LogP contribution in [0.5, 0.6) is 5.75 Å². The first-order valence-electron chi connectivity index (χ1n) is 11.0. The van der Waals surface area contributed by atoms with Crippen molar-refractivity contribution >= 4 is 15.9 Å². The monoisotopic (exact) mass is 444 g/mol. The predicted octanol–water partition coefficient (Wildman–Crippen LogP) is 3.93. The van der Waals surface area contributed by atoms with Crippen LogP contribution >= 0.6 is 0 Å². The second-order valence-corrected chi connectivity index (χ2v) is 9.84. The van der Waals surface area contributed by atoms with E-state index in [1.807, 2.05) is 31.2 Å². The van der Waals surface area contributed by atoms with Gasteiger partial charge in [0.15, 0.2) is 0 Å². The van der Waals surface area contributed by atoms with Crippen molar-refractivity contribution < 1.29 is 17.9 Å².